The third-order valence-corrected chi connectivity index (χ3v) is 6.62. The van der Waals surface area contributed by atoms with Gasteiger partial charge < -0.3 is 30.0 Å². The number of hydrogen-bond acceptors (Lipinski definition) is 8. The molecule has 180 valence electrons. The van der Waals surface area contributed by atoms with Gasteiger partial charge >= 0.3 is 0 Å². The quantitative estimate of drug-likeness (QED) is 0.482. The minimum atomic E-state index is -0.271. The highest BCUT2D eigenvalue weighted by atomic mass is 16.5. The number of carbonyl (C=O) groups is 1. The van der Waals surface area contributed by atoms with Gasteiger partial charge in [0, 0.05) is 45.7 Å². The fourth-order valence-electron chi connectivity index (χ4n) is 4.52. The lowest BCUT2D eigenvalue weighted by molar-refractivity contribution is 0.00718. The lowest BCUT2D eigenvalue weighted by Gasteiger charge is -2.35. The lowest BCUT2D eigenvalue weighted by atomic mass is 9.89. The summed E-state index contributed by atoms with van der Waals surface area (Å²) in [5.74, 6) is 0.150. The molecule has 3 N–H and O–H groups in total. The maximum atomic E-state index is 13.2. The maximum Gasteiger partial charge on any atom is 0.274 e. The topological polar surface area (TPSA) is 124 Å². The van der Waals surface area contributed by atoms with Gasteiger partial charge in [0.05, 0.1) is 24.0 Å². The van der Waals surface area contributed by atoms with Gasteiger partial charge in [0.2, 0.25) is 0 Å². The van der Waals surface area contributed by atoms with Crippen LogP contribution >= 0.6 is 0 Å². The van der Waals surface area contributed by atoms with Crippen LogP contribution in [0.15, 0.2) is 35.4 Å². The molecular formula is C23H29N7O4. The second kappa shape index (κ2) is 9.43. The molecule has 1 saturated heterocycles. The summed E-state index contributed by atoms with van der Waals surface area (Å²) >= 11 is 0. The number of pyridine rings is 1. The van der Waals surface area contributed by atoms with Crippen LogP contribution in [0.1, 0.15) is 42.2 Å². The van der Waals surface area contributed by atoms with E-state index in [2.05, 4.69) is 26.0 Å². The van der Waals surface area contributed by atoms with Gasteiger partial charge in [-0.25, -0.2) is 9.50 Å². The molecule has 1 amide bonds. The molecular weight excluding hydrogens is 438 g/mol. The molecule has 11 heteroatoms. The van der Waals surface area contributed by atoms with Crippen molar-refractivity contribution in [3.05, 3.63) is 46.6 Å². The summed E-state index contributed by atoms with van der Waals surface area (Å²) in [7, 11) is 3.42. The normalized spacial score (nSPS) is 20.6. The molecule has 5 rings (SSSR count). The average Bonchev–Trinajstić information content (AvgIpc) is 3.27. The number of rotatable bonds is 7. The van der Waals surface area contributed by atoms with E-state index in [4.69, 9.17) is 9.47 Å². The molecule has 1 saturated carbocycles. The Morgan fingerprint density at radius 2 is 2.03 bits per heavy atom. The largest absolute Gasteiger partial charge is 0.385 e. The van der Waals surface area contributed by atoms with Crippen molar-refractivity contribution in [2.24, 2.45) is 0 Å². The molecule has 11 nitrogen and oxygen atoms in total. The SMILES string of the molecule is CNc1cc(Nc2cccn(C3CCOCC3)c2=O)nn2c(C(=O)N[C@@H]3CC[C@H]3OC)cnc12. The molecule has 0 aromatic carbocycles. The number of nitrogens with zero attached hydrogens (tertiary/aromatic N) is 4. The Bertz CT molecular complexity index is 1250. The Hall–Kier alpha value is -3.44. The summed E-state index contributed by atoms with van der Waals surface area (Å²) in [6.45, 7) is 1.30. The zero-order valence-electron chi connectivity index (χ0n) is 19.3. The van der Waals surface area contributed by atoms with E-state index >= 15 is 0 Å². The third kappa shape index (κ3) is 4.12. The van der Waals surface area contributed by atoms with Crippen molar-refractivity contribution in [1.29, 1.82) is 0 Å². The fourth-order valence-corrected chi connectivity index (χ4v) is 4.52. The Labute approximate surface area is 196 Å². The minimum Gasteiger partial charge on any atom is -0.385 e. The third-order valence-electron chi connectivity index (χ3n) is 6.62. The average molecular weight is 468 g/mol. The monoisotopic (exact) mass is 467 g/mol. The molecule has 2 atom stereocenters. The Balaban J connectivity index is 1.44. The van der Waals surface area contributed by atoms with Gasteiger partial charge in [-0.1, -0.05) is 0 Å². The first-order valence-corrected chi connectivity index (χ1v) is 11.5. The van der Waals surface area contributed by atoms with Gasteiger partial charge in [-0.3, -0.25) is 9.59 Å². The van der Waals surface area contributed by atoms with Crippen LogP contribution in [0.5, 0.6) is 0 Å². The molecule has 0 spiro atoms. The van der Waals surface area contributed by atoms with E-state index in [1.807, 2.05) is 12.3 Å². The first-order valence-electron chi connectivity index (χ1n) is 11.5. The predicted octanol–water partition coefficient (Wildman–Crippen LogP) is 1.93. The number of hydrogen-bond donors (Lipinski definition) is 3. The van der Waals surface area contributed by atoms with Gasteiger partial charge in [-0.05, 0) is 37.8 Å². The van der Waals surface area contributed by atoms with Crippen LogP contribution < -0.4 is 21.5 Å². The van der Waals surface area contributed by atoms with Gasteiger partial charge in [-0.2, -0.15) is 0 Å². The van der Waals surface area contributed by atoms with E-state index in [0.29, 0.717) is 41.7 Å². The van der Waals surface area contributed by atoms with E-state index in [-0.39, 0.29) is 29.7 Å². The Morgan fingerprint density at radius 1 is 1.21 bits per heavy atom. The van der Waals surface area contributed by atoms with E-state index < -0.39 is 0 Å². The molecule has 3 aromatic rings. The second-order valence-electron chi connectivity index (χ2n) is 8.61. The summed E-state index contributed by atoms with van der Waals surface area (Å²) in [5, 5.41) is 13.8. The first kappa shape index (κ1) is 22.4. The van der Waals surface area contributed by atoms with Crippen LogP contribution in [0.2, 0.25) is 0 Å². The highest BCUT2D eigenvalue weighted by Crippen LogP contribution is 2.25. The molecule has 3 aromatic heterocycles. The highest BCUT2D eigenvalue weighted by molar-refractivity contribution is 5.94. The number of anilines is 3. The summed E-state index contributed by atoms with van der Waals surface area (Å²) in [6.07, 6.45) is 6.74. The standard InChI is InChI=1S/C23H29N7O4/c1-24-17-12-20(26-16-4-3-9-29(23(16)32)14-7-10-34-11-8-14)28-30-18(13-25-21(17)30)22(31)27-15-5-6-19(15)33-2/h3-4,9,12-15,19,24H,5-8,10-11H2,1-2H3,(H,26,28)(H,27,31)/t15-,19-/m1/s1. The van der Waals surface area contributed by atoms with Crippen molar-refractivity contribution in [1.82, 2.24) is 24.5 Å². The zero-order valence-corrected chi connectivity index (χ0v) is 19.3. The van der Waals surface area contributed by atoms with Crippen LogP contribution in [0.3, 0.4) is 0 Å². The number of methoxy groups -OCH3 is 1. The number of aromatic nitrogens is 4. The van der Waals surface area contributed by atoms with Crippen molar-refractivity contribution in [2.45, 2.75) is 43.9 Å². The van der Waals surface area contributed by atoms with Crippen molar-refractivity contribution in [3.8, 4) is 0 Å². The number of imidazole rings is 1. The van der Waals surface area contributed by atoms with Gasteiger partial charge in [-0.15, -0.1) is 5.10 Å². The Kier molecular flexibility index (Phi) is 6.20. The zero-order chi connectivity index (χ0) is 23.7. The maximum absolute atomic E-state index is 13.2. The number of fused-ring (bicyclic) bond motifs is 1. The molecule has 0 unspecified atom stereocenters. The molecule has 0 bridgehead atoms. The van der Waals surface area contributed by atoms with Crippen LogP contribution in [-0.2, 0) is 9.47 Å². The van der Waals surface area contributed by atoms with Gasteiger partial charge in [0.15, 0.2) is 17.2 Å². The fraction of sp³-hybridized carbons (Fsp3) is 0.478. The molecule has 1 aliphatic heterocycles. The molecule has 34 heavy (non-hydrogen) atoms. The van der Waals surface area contributed by atoms with Gasteiger partial charge in [0.25, 0.3) is 11.5 Å². The van der Waals surface area contributed by atoms with E-state index in [1.54, 1.807) is 30.9 Å². The number of ether oxygens (including phenoxy) is 2. The van der Waals surface area contributed by atoms with E-state index in [9.17, 15) is 9.59 Å². The number of nitrogens with one attached hydrogen (secondary N) is 3. The van der Waals surface area contributed by atoms with Crippen molar-refractivity contribution in [2.75, 3.05) is 38.0 Å². The smallest absolute Gasteiger partial charge is 0.274 e. The summed E-state index contributed by atoms with van der Waals surface area (Å²) in [6, 6.07) is 5.42. The predicted molar refractivity (Wildman–Crippen MR) is 127 cm³/mol. The molecule has 1 aliphatic carbocycles. The van der Waals surface area contributed by atoms with Crippen molar-refractivity contribution >= 4 is 28.7 Å². The molecule has 4 heterocycles. The number of carbonyl (C=O) groups excluding carboxylic acids is 1. The van der Waals surface area contributed by atoms with Crippen LogP contribution in [0.4, 0.5) is 17.2 Å². The van der Waals surface area contributed by atoms with E-state index in [1.165, 1.54) is 10.7 Å². The number of amides is 1. The van der Waals surface area contributed by atoms with Crippen LogP contribution in [0, 0.1) is 0 Å². The summed E-state index contributed by atoms with van der Waals surface area (Å²) in [5.41, 5.74) is 1.79. The summed E-state index contributed by atoms with van der Waals surface area (Å²) < 4.78 is 14.1. The minimum absolute atomic E-state index is 0.0252. The summed E-state index contributed by atoms with van der Waals surface area (Å²) in [4.78, 5) is 30.5. The molecule has 0 radical (unpaired) electrons. The van der Waals surface area contributed by atoms with E-state index in [0.717, 1.165) is 25.7 Å². The van der Waals surface area contributed by atoms with Crippen molar-refractivity contribution in [3.63, 3.8) is 0 Å². The second-order valence-corrected chi connectivity index (χ2v) is 8.61. The first-order chi connectivity index (χ1) is 16.6. The van der Waals surface area contributed by atoms with Crippen LogP contribution in [-0.4, -0.2) is 64.6 Å². The highest BCUT2D eigenvalue weighted by Gasteiger charge is 2.33. The van der Waals surface area contributed by atoms with Crippen molar-refractivity contribution < 1.29 is 14.3 Å². The molecule has 2 aliphatic rings. The Morgan fingerprint density at radius 3 is 2.74 bits per heavy atom. The van der Waals surface area contributed by atoms with Crippen LogP contribution in [0.25, 0.3) is 5.65 Å². The molecule has 2 fully saturated rings. The lowest BCUT2D eigenvalue weighted by Crippen LogP contribution is -2.51. The van der Waals surface area contributed by atoms with Gasteiger partial charge in [0.1, 0.15) is 5.69 Å².